The number of halogens is 7. The van der Waals surface area contributed by atoms with E-state index in [1.807, 2.05) is 0 Å². The minimum Gasteiger partial charge on any atom is -0.480 e. The quantitative estimate of drug-likeness (QED) is 0.216. The number of piperidine rings is 1. The van der Waals surface area contributed by atoms with E-state index in [2.05, 4.69) is 10.3 Å². The van der Waals surface area contributed by atoms with Crippen molar-refractivity contribution in [1.82, 2.24) is 14.9 Å². The van der Waals surface area contributed by atoms with Gasteiger partial charge in [0.25, 0.3) is 17.4 Å². The lowest BCUT2D eigenvalue weighted by molar-refractivity contribution is -0.152. The average molecular weight is 720 g/mol. The highest BCUT2D eigenvalue weighted by Crippen LogP contribution is 2.40. The van der Waals surface area contributed by atoms with Crippen LogP contribution in [0.2, 0.25) is 0 Å². The van der Waals surface area contributed by atoms with E-state index >= 15 is 8.78 Å². The van der Waals surface area contributed by atoms with Crippen molar-refractivity contribution in [2.24, 2.45) is 7.05 Å². The first-order valence-electron chi connectivity index (χ1n) is 16.0. The number of hydrogen-bond donors (Lipinski definition) is 2. The first kappa shape index (κ1) is 35.7. The standard InChI is InChI=1S/C35H32F7N5O4/c1-18-12-26(46-16-34(38,39)17-46)28(32(49)45(18)2)22-9-8-19(21-6-5-10-43-30(21)22)13-25(33(50)51)44-31(48)29-23(36)14-20(15-24(29)37)47-11-4-3-7-27(47)35(40,41)42/h5-6,8-10,12,14-15,25,27H,3-4,7,11,13,16-17H2,1-2H3,(H,44,48)(H,50,51)/t25-,27+/m0/s1. The van der Waals surface area contributed by atoms with Crippen LogP contribution in [0.1, 0.15) is 40.9 Å². The van der Waals surface area contributed by atoms with E-state index in [0.717, 1.165) is 4.90 Å². The SMILES string of the molecule is Cc1cc(N2CC(F)(F)C2)c(-c2ccc(C[C@H](NC(=O)c3c(F)cc(N4CCCC[C@@H]4C(F)(F)F)cc3F)C(=O)O)c3cccnc23)c(=O)n1C. The van der Waals surface area contributed by atoms with Gasteiger partial charge in [-0.05, 0) is 56.0 Å². The van der Waals surface area contributed by atoms with Crippen molar-refractivity contribution < 1.29 is 45.4 Å². The predicted octanol–water partition coefficient (Wildman–Crippen LogP) is 5.99. The fourth-order valence-corrected chi connectivity index (χ4v) is 6.77. The molecule has 1 amide bonds. The molecule has 6 rings (SSSR count). The second-order valence-corrected chi connectivity index (χ2v) is 12.9. The Morgan fingerprint density at radius 3 is 2.39 bits per heavy atom. The van der Waals surface area contributed by atoms with E-state index in [1.165, 1.54) is 34.8 Å². The highest BCUT2D eigenvalue weighted by Gasteiger charge is 2.46. The summed E-state index contributed by atoms with van der Waals surface area (Å²) in [5.41, 5.74) is -0.265. The molecule has 2 aromatic carbocycles. The second kappa shape index (κ2) is 13.2. The monoisotopic (exact) mass is 719 g/mol. The van der Waals surface area contributed by atoms with Crippen molar-refractivity contribution in [2.45, 2.75) is 56.8 Å². The molecule has 270 valence electrons. The summed E-state index contributed by atoms with van der Waals surface area (Å²) in [5.74, 6) is -8.85. The number of hydrogen-bond acceptors (Lipinski definition) is 6. The second-order valence-electron chi connectivity index (χ2n) is 12.9. The molecule has 51 heavy (non-hydrogen) atoms. The first-order chi connectivity index (χ1) is 24.0. The van der Waals surface area contributed by atoms with Gasteiger partial charge in [-0.1, -0.05) is 18.2 Å². The molecule has 9 nitrogen and oxygen atoms in total. The molecular formula is C35H32F7N5O4. The molecular weight excluding hydrogens is 687 g/mol. The van der Waals surface area contributed by atoms with E-state index in [1.54, 1.807) is 25.1 Å². The van der Waals surface area contributed by atoms with Gasteiger partial charge < -0.3 is 24.8 Å². The fraction of sp³-hybridized carbons (Fsp3) is 0.371. The maximum atomic E-state index is 15.2. The van der Waals surface area contributed by atoms with Crippen LogP contribution >= 0.6 is 0 Å². The largest absolute Gasteiger partial charge is 0.480 e. The van der Waals surface area contributed by atoms with Gasteiger partial charge in [0.2, 0.25) is 0 Å². The smallest absolute Gasteiger partial charge is 0.408 e. The molecule has 2 N–H and O–H groups in total. The summed E-state index contributed by atoms with van der Waals surface area (Å²) in [6.07, 6.45) is -3.26. The summed E-state index contributed by atoms with van der Waals surface area (Å²) in [4.78, 5) is 45.7. The van der Waals surface area contributed by atoms with Gasteiger partial charge >= 0.3 is 12.1 Å². The van der Waals surface area contributed by atoms with Crippen LogP contribution in [0.25, 0.3) is 22.0 Å². The molecule has 2 aromatic heterocycles. The minimum atomic E-state index is -4.65. The molecule has 2 aliphatic rings. The van der Waals surface area contributed by atoms with Gasteiger partial charge in [0, 0.05) is 48.5 Å². The number of carbonyl (C=O) groups excluding carboxylic acids is 1. The molecule has 4 heterocycles. The summed E-state index contributed by atoms with van der Waals surface area (Å²) in [6, 6.07) is 5.28. The molecule has 2 saturated heterocycles. The minimum absolute atomic E-state index is 0.106. The first-order valence-corrected chi connectivity index (χ1v) is 16.0. The number of aromatic nitrogens is 2. The summed E-state index contributed by atoms with van der Waals surface area (Å²) in [5, 5.41) is 12.5. The molecule has 0 spiro atoms. The lowest BCUT2D eigenvalue weighted by Gasteiger charge is -2.41. The van der Waals surface area contributed by atoms with E-state index in [-0.39, 0.29) is 36.2 Å². The highest BCUT2D eigenvalue weighted by atomic mass is 19.4. The summed E-state index contributed by atoms with van der Waals surface area (Å²) >= 11 is 0. The fourth-order valence-electron chi connectivity index (χ4n) is 6.77. The Balaban J connectivity index is 1.31. The Kier molecular flexibility index (Phi) is 9.23. The molecule has 2 aliphatic heterocycles. The maximum absolute atomic E-state index is 15.2. The van der Waals surface area contributed by atoms with Crippen LogP contribution in [-0.4, -0.2) is 70.4 Å². The number of aliphatic carboxylic acids is 1. The van der Waals surface area contributed by atoms with Crippen molar-refractivity contribution in [1.29, 1.82) is 0 Å². The molecule has 0 unspecified atom stereocenters. The number of alkyl halides is 5. The zero-order valence-electron chi connectivity index (χ0n) is 27.3. The van der Waals surface area contributed by atoms with E-state index in [0.29, 0.717) is 40.8 Å². The maximum Gasteiger partial charge on any atom is 0.408 e. The third-order valence-electron chi connectivity index (χ3n) is 9.46. The topological polar surface area (TPSA) is 108 Å². The van der Waals surface area contributed by atoms with Gasteiger partial charge in [0.05, 0.1) is 29.9 Å². The Hall–Kier alpha value is -5.15. The van der Waals surface area contributed by atoms with Crippen molar-refractivity contribution in [3.05, 3.63) is 87.5 Å². The molecule has 16 heteroatoms. The van der Waals surface area contributed by atoms with Crippen LogP contribution in [0.5, 0.6) is 0 Å². The molecule has 2 atom stereocenters. The van der Waals surface area contributed by atoms with E-state index in [4.69, 9.17) is 0 Å². The van der Waals surface area contributed by atoms with Gasteiger partial charge in [0.15, 0.2) is 0 Å². The van der Waals surface area contributed by atoms with Gasteiger partial charge in [-0.3, -0.25) is 14.6 Å². The van der Waals surface area contributed by atoms with Crippen LogP contribution < -0.4 is 20.7 Å². The lowest BCUT2D eigenvalue weighted by Crippen LogP contribution is -2.57. The number of nitrogens with one attached hydrogen (secondary N) is 1. The van der Waals surface area contributed by atoms with Gasteiger partial charge in [-0.15, -0.1) is 0 Å². The number of aryl methyl sites for hydroxylation is 1. The average Bonchev–Trinajstić information content (AvgIpc) is 3.05. The number of carbonyl (C=O) groups is 2. The van der Waals surface area contributed by atoms with Gasteiger partial charge in [-0.25, -0.2) is 22.4 Å². The summed E-state index contributed by atoms with van der Waals surface area (Å²) in [7, 11) is 1.53. The molecule has 2 fully saturated rings. The number of carboxylic acids is 1. The van der Waals surface area contributed by atoms with Crippen molar-refractivity contribution in [3.8, 4) is 11.1 Å². The van der Waals surface area contributed by atoms with Gasteiger partial charge in [-0.2, -0.15) is 13.2 Å². The van der Waals surface area contributed by atoms with Crippen LogP contribution in [-0.2, 0) is 18.3 Å². The number of carboxylic acid groups (broad SMARTS) is 1. The predicted molar refractivity (Wildman–Crippen MR) is 174 cm³/mol. The summed E-state index contributed by atoms with van der Waals surface area (Å²) < 4.78 is 101. The van der Waals surface area contributed by atoms with Crippen molar-refractivity contribution in [2.75, 3.05) is 29.4 Å². The zero-order chi connectivity index (χ0) is 37.0. The molecule has 4 aromatic rings. The van der Waals surface area contributed by atoms with Crippen LogP contribution in [0, 0.1) is 18.6 Å². The molecule has 0 saturated carbocycles. The highest BCUT2D eigenvalue weighted by molar-refractivity contribution is 6.00. The molecule has 0 radical (unpaired) electrons. The lowest BCUT2D eigenvalue weighted by atomic mass is 9.93. The molecule has 0 aliphatic carbocycles. The summed E-state index contributed by atoms with van der Waals surface area (Å²) in [6.45, 7) is 0.375. The Bertz CT molecular complexity index is 2070. The number of fused-ring (bicyclic) bond motifs is 1. The normalized spacial score (nSPS) is 18.0. The Labute approximate surface area is 286 Å². The number of nitrogens with zero attached hydrogens (tertiary/aromatic N) is 4. The number of amides is 1. The van der Waals surface area contributed by atoms with E-state index < -0.39 is 84.0 Å². The van der Waals surface area contributed by atoms with Gasteiger partial charge in [0.1, 0.15) is 29.3 Å². The van der Waals surface area contributed by atoms with Crippen molar-refractivity contribution in [3.63, 3.8) is 0 Å². The Morgan fingerprint density at radius 1 is 1.08 bits per heavy atom. The third-order valence-corrected chi connectivity index (χ3v) is 9.46. The third kappa shape index (κ3) is 6.82. The zero-order valence-corrected chi connectivity index (χ0v) is 27.3. The van der Waals surface area contributed by atoms with Crippen LogP contribution in [0.4, 0.5) is 42.1 Å². The number of rotatable bonds is 8. The Morgan fingerprint density at radius 2 is 1.76 bits per heavy atom. The number of benzene rings is 2. The van der Waals surface area contributed by atoms with E-state index in [9.17, 15) is 41.4 Å². The molecule has 0 bridgehead atoms. The number of pyridine rings is 2. The van der Waals surface area contributed by atoms with Crippen LogP contribution in [0.15, 0.2) is 53.5 Å². The van der Waals surface area contributed by atoms with Crippen LogP contribution in [0.3, 0.4) is 0 Å². The van der Waals surface area contributed by atoms with Crippen molar-refractivity contribution >= 4 is 34.2 Å². The number of anilines is 2.